The molecular weight excluding hydrogens is 376 g/mol. The predicted molar refractivity (Wildman–Crippen MR) is 110 cm³/mol. The Bertz CT molecular complexity index is 980. The van der Waals surface area contributed by atoms with E-state index >= 15 is 0 Å². The number of nitrogens with one attached hydrogen (secondary N) is 2. The zero-order valence-electron chi connectivity index (χ0n) is 15.5. The number of rotatable bonds is 7. The van der Waals surface area contributed by atoms with Crippen molar-refractivity contribution in [1.82, 2.24) is 15.4 Å². The van der Waals surface area contributed by atoms with Gasteiger partial charge < -0.3 is 9.72 Å². The van der Waals surface area contributed by atoms with Gasteiger partial charge in [0, 0.05) is 5.56 Å². The molecule has 0 fully saturated rings. The maximum absolute atomic E-state index is 12.1. The number of carbonyl (C=O) groups excluding carboxylic acids is 2. The van der Waals surface area contributed by atoms with E-state index in [0.29, 0.717) is 16.3 Å². The highest BCUT2D eigenvalue weighted by Gasteiger charge is 2.12. The number of para-hydroxylation sites is 2. The predicted octanol–water partition coefficient (Wildman–Crippen LogP) is 3.37. The fourth-order valence-corrected chi connectivity index (χ4v) is 3.09. The monoisotopic (exact) mass is 396 g/mol. The molecule has 7 nitrogen and oxygen atoms in total. The lowest BCUT2D eigenvalue weighted by Crippen LogP contribution is -2.20. The third-order valence-electron chi connectivity index (χ3n) is 3.62. The first kappa shape index (κ1) is 19.6. The summed E-state index contributed by atoms with van der Waals surface area (Å²) in [5.74, 6) is -0.540. The summed E-state index contributed by atoms with van der Waals surface area (Å²) in [4.78, 5) is 31.7. The third-order valence-corrected chi connectivity index (χ3v) is 4.50. The Morgan fingerprint density at radius 2 is 1.96 bits per heavy atom. The first-order chi connectivity index (χ1) is 13.5. The largest absolute Gasteiger partial charge is 0.459 e. The van der Waals surface area contributed by atoms with Crippen LogP contribution in [0.2, 0.25) is 0 Å². The first-order valence-electron chi connectivity index (χ1n) is 8.72. The molecule has 8 heteroatoms. The summed E-state index contributed by atoms with van der Waals surface area (Å²) < 4.78 is 5.22. The number of thioether (sulfide) groups is 1. The number of H-pyrrole nitrogens is 1. The molecule has 0 aliphatic heterocycles. The molecular formula is C20H20N4O3S. The summed E-state index contributed by atoms with van der Waals surface area (Å²) in [6, 6.07) is 14.6. The topological polar surface area (TPSA) is 96.4 Å². The minimum atomic E-state index is -0.427. The fourth-order valence-electron chi connectivity index (χ4n) is 2.41. The number of esters is 1. The number of amides is 1. The van der Waals surface area contributed by atoms with E-state index in [9.17, 15) is 9.59 Å². The number of benzene rings is 2. The van der Waals surface area contributed by atoms with Crippen molar-refractivity contribution in [3.05, 3.63) is 59.7 Å². The lowest BCUT2D eigenvalue weighted by atomic mass is 10.1. The van der Waals surface area contributed by atoms with Crippen LogP contribution >= 0.6 is 11.8 Å². The van der Waals surface area contributed by atoms with E-state index in [1.807, 2.05) is 24.3 Å². The molecule has 144 valence electrons. The van der Waals surface area contributed by atoms with Gasteiger partial charge in [-0.3, -0.25) is 4.79 Å². The lowest BCUT2D eigenvalue weighted by molar-refractivity contribution is -0.118. The second-order valence-electron chi connectivity index (χ2n) is 6.18. The summed E-state index contributed by atoms with van der Waals surface area (Å²) in [5, 5.41) is 4.61. The van der Waals surface area contributed by atoms with Gasteiger partial charge in [0.05, 0.1) is 34.7 Å². The van der Waals surface area contributed by atoms with Crippen molar-refractivity contribution in [2.45, 2.75) is 25.1 Å². The number of carbonyl (C=O) groups is 2. The summed E-state index contributed by atoms with van der Waals surface area (Å²) in [6.07, 6.45) is 1.22. The van der Waals surface area contributed by atoms with E-state index in [1.54, 1.807) is 38.1 Å². The number of nitrogens with zero attached hydrogens (tertiary/aromatic N) is 2. The summed E-state index contributed by atoms with van der Waals surface area (Å²) >= 11 is 1.29. The minimum absolute atomic E-state index is 0.161. The van der Waals surface area contributed by atoms with E-state index in [1.165, 1.54) is 18.0 Å². The van der Waals surface area contributed by atoms with Crippen LogP contribution in [0.25, 0.3) is 11.0 Å². The van der Waals surface area contributed by atoms with Crippen LogP contribution in [0, 0.1) is 0 Å². The summed E-state index contributed by atoms with van der Waals surface area (Å²) in [6.45, 7) is 3.57. The quantitative estimate of drug-likeness (QED) is 0.276. The maximum atomic E-state index is 12.1. The van der Waals surface area contributed by atoms with Gasteiger partial charge in [0.2, 0.25) is 0 Å². The Hall–Kier alpha value is -3.13. The van der Waals surface area contributed by atoms with Gasteiger partial charge in [0.15, 0.2) is 5.16 Å². The highest BCUT2D eigenvalue weighted by Crippen LogP contribution is 2.18. The van der Waals surface area contributed by atoms with Crippen molar-refractivity contribution >= 4 is 40.9 Å². The van der Waals surface area contributed by atoms with Gasteiger partial charge in [-0.1, -0.05) is 42.1 Å². The molecule has 0 saturated carbocycles. The zero-order valence-corrected chi connectivity index (χ0v) is 16.3. The number of aromatic nitrogens is 2. The van der Waals surface area contributed by atoms with Crippen molar-refractivity contribution in [3.63, 3.8) is 0 Å². The number of hydrogen-bond donors (Lipinski definition) is 2. The molecule has 2 aromatic carbocycles. The van der Waals surface area contributed by atoms with Gasteiger partial charge in [-0.15, -0.1) is 0 Å². The highest BCUT2D eigenvalue weighted by molar-refractivity contribution is 7.99. The average molecular weight is 396 g/mol. The molecule has 0 saturated heterocycles. The molecule has 3 rings (SSSR count). The fraction of sp³-hybridized carbons (Fsp3) is 0.200. The molecule has 1 amide bonds. The lowest BCUT2D eigenvalue weighted by Gasteiger charge is -2.09. The van der Waals surface area contributed by atoms with E-state index in [-0.39, 0.29) is 17.8 Å². The van der Waals surface area contributed by atoms with Gasteiger partial charge in [-0.05, 0) is 32.0 Å². The van der Waals surface area contributed by atoms with Crippen molar-refractivity contribution in [2.24, 2.45) is 5.10 Å². The van der Waals surface area contributed by atoms with E-state index in [2.05, 4.69) is 20.5 Å². The van der Waals surface area contributed by atoms with Crippen LogP contribution in [0.4, 0.5) is 0 Å². The summed E-state index contributed by atoms with van der Waals surface area (Å²) in [7, 11) is 0. The second-order valence-corrected chi connectivity index (χ2v) is 7.15. The van der Waals surface area contributed by atoms with Crippen LogP contribution in [0.3, 0.4) is 0 Å². The van der Waals surface area contributed by atoms with Gasteiger partial charge in [0.1, 0.15) is 0 Å². The third kappa shape index (κ3) is 5.20. The molecule has 1 heterocycles. The van der Waals surface area contributed by atoms with Gasteiger partial charge in [0.25, 0.3) is 5.91 Å². The molecule has 3 aromatic rings. The molecule has 0 spiro atoms. The van der Waals surface area contributed by atoms with Crippen LogP contribution < -0.4 is 5.43 Å². The zero-order chi connectivity index (χ0) is 19.9. The summed E-state index contributed by atoms with van der Waals surface area (Å²) in [5.41, 5.74) is 5.20. The molecule has 0 unspecified atom stereocenters. The average Bonchev–Trinajstić information content (AvgIpc) is 3.09. The van der Waals surface area contributed by atoms with Gasteiger partial charge in [-0.2, -0.15) is 5.10 Å². The Morgan fingerprint density at radius 3 is 2.75 bits per heavy atom. The maximum Gasteiger partial charge on any atom is 0.339 e. The Labute approximate surface area is 166 Å². The molecule has 0 aliphatic carbocycles. The van der Waals surface area contributed by atoms with E-state index < -0.39 is 5.97 Å². The Kier molecular flexibility index (Phi) is 6.44. The van der Waals surface area contributed by atoms with Crippen LogP contribution in [0.5, 0.6) is 0 Å². The molecule has 0 bridgehead atoms. The van der Waals surface area contributed by atoms with Crippen molar-refractivity contribution in [3.8, 4) is 0 Å². The number of aromatic amines is 1. The number of ether oxygens (including phenoxy) is 1. The van der Waals surface area contributed by atoms with Crippen molar-refractivity contribution in [1.29, 1.82) is 0 Å². The standard InChI is InChI=1S/C20H20N4O3S/c1-13(2)27-19(26)15-8-4-3-7-14(15)11-21-24-18(25)12-28-20-22-16-9-5-6-10-17(16)23-20/h3-11,13H,12H2,1-2H3,(H,22,23)(H,24,25)/b21-11+. The number of imidazole rings is 1. The van der Waals surface area contributed by atoms with Crippen molar-refractivity contribution < 1.29 is 14.3 Å². The van der Waals surface area contributed by atoms with Crippen molar-refractivity contribution in [2.75, 3.05) is 5.75 Å². The molecule has 0 aliphatic rings. The smallest absolute Gasteiger partial charge is 0.339 e. The normalized spacial score (nSPS) is 11.2. The number of fused-ring (bicyclic) bond motifs is 1. The second kappa shape index (κ2) is 9.18. The Balaban J connectivity index is 1.55. The van der Waals surface area contributed by atoms with Crippen LogP contribution in [0.15, 0.2) is 58.8 Å². The van der Waals surface area contributed by atoms with E-state index in [4.69, 9.17) is 4.74 Å². The first-order valence-corrected chi connectivity index (χ1v) is 9.71. The SMILES string of the molecule is CC(C)OC(=O)c1ccccc1/C=N/NC(=O)CSc1nc2ccccc2[nH]1. The number of hydrazone groups is 1. The van der Waals surface area contributed by atoms with Gasteiger partial charge >= 0.3 is 5.97 Å². The molecule has 2 N–H and O–H groups in total. The molecule has 0 atom stereocenters. The highest BCUT2D eigenvalue weighted by atomic mass is 32.2. The molecule has 28 heavy (non-hydrogen) atoms. The van der Waals surface area contributed by atoms with Crippen LogP contribution in [-0.4, -0.2) is 39.9 Å². The van der Waals surface area contributed by atoms with E-state index in [0.717, 1.165) is 11.0 Å². The van der Waals surface area contributed by atoms with Crippen LogP contribution in [-0.2, 0) is 9.53 Å². The number of hydrogen-bond acceptors (Lipinski definition) is 6. The molecule has 0 radical (unpaired) electrons. The van der Waals surface area contributed by atoms with Gasteiger partial charge in [-0.25, -0.2) is 15.2 Å². The minimum Gasteiger partial charge on any atom is -0.459 e. The van der Waals surface area contributed by atoms with Crippen LogP contribution in [0.1, 0.15) is 29.8 Å². The molecule has 1 aromatic heterocycles. The Morgan fingerprint density at radius 1 is 1.21 bits per heavy atom.